The molecule has 0 heterocycles. The standard InChI is InChI=1S/C27H40O3/c1-20(2)10-7-11-21(3)12-8-13-22(4)14-9-15-23(5)16-17-24-18-25(28)19-26(29)27(24)30-6/h10,12,14,16,18-19,28-29H,7-9,11,13,15,17H2,1-6H3/b21-12+,22-14+,23-16+. The molecule has 0 bridgehead atoms. The monoisotopic (exact) mass is 412 g/mol. The van der Waals surface area contributed by atoms with Gasteiger partial charge in [0.15, 0.2) is 11.5 Å². The first-order chi connectivity index (χ1) is 14.2. The molecule has 0 fully saturated rings. The molecule has 166 valence electrons. The van der Waals surface area contributed by atoms with E-state index < -0.39 is 0 Å². The molecule has 1 aromatic rings. The summed E-state index contributed by atoms with van der Waals surface area (Å²) in [5, 5.41) is 19.6. The summed E-state index contributed by atoms with van der Waals surface area (Å²) < 4.78 is 5.25. The molecule has 30 heavy (non-hydrogen) atoms. The minimum absolute atomic E-state index is 0.0293. The third kappa shape index (κ3) is 10.4. The number of hydrogen-bond donors (Lipinski definition) is 2. The van der Waals surface area contributed by atoms with Crippen molar-refractivity contribution in [3.05, 3.63) is 64.3 Å². The van der Waals surface area contributed by atoms with Gasteiger partial charge in [-0.1, -0.05) is 46.6 Å². The van der Waals surface area contributed by atoms with Gasteiger partial charge < -0.3 is 14.9 Å². The van der Waals surface area contributed by atoms with Crippen LogP contribution >= 0.6 is 0 Å². The van der Waals surface area contributed by atoms with Crippen molar-refractivity contribution < 1.29 is 14.9 Å². The van der Waals surface area contributed by atoms with Crippen molar-refractivity contribution in [2.45, 2.75) is 79.6 Å². The molecule has 0 saturated heterocycles. The van der Waals surface area contributed by atoms with Crippen LogP contribution in [0.25, 0.3) is 0 Å². The summed E-state index contributed by atoms with van der Waals surface area (Å²) in [6.07, 6.45) is 16.3. The van der Waals surface area contributed by atoms with Gasteiger partial charge in [0.1, 0.15) is 5.75 Å². The summed E-state index contributed by atoms with van der Waals surface area (Å²) in [4.78, 5) is 0. The van der Waals surface area contributed by atoms with Gasteiger partial charge in [-0.3, -0.25) is 0 Å². The second-order valence-electron chi connectivity index (χ2n) is 8.41. The highest BCUT2D eigenvalue weighted by Crippen LogP contribution is 2.34. The number of phenolic OH excluding ortho intramolecular Hbond substituents is 2. The molecule has 1 rings (SSSR count). The zero-order valence-corrected chi connectivity index (χ0v) is 19.7. The Morgan fingerprint density at radius 1 is 0.767 bits per heavy atom. The number of phenols is 2. The summed E-state index contributed by atoms with van der Waals surface area (Å²) >= 11 is 0. The first kappa shape index (κ1) is 25.6. The van der Waals surface area contributed by atoms with Crippen LogP contribution in [0.1, 0.15) is 78.7 Å². The van der Waals surface area contributed by atoms with Crippen LogP contribution in [-0.2, 0) is 6.42 Å². The second kappa shape index (κ2) is 13.7. The fourth-order valence-electron chi connectivity index (χ4n) is 3.31. The van der Waals surface area contributed by atoms with Crippen molar-refractivity contribution in [3.8, 4) is 17.2 Å². The van der Waals surface area contributed by atoms with Crippen LogP contribution < -0.4 is 4.74 Å². The van der Waals surface area contributed by atoms with Gasteiger partial charge in [0.25, 0.3) is 0 Å². The maximum Gasteiger partial charge on any atom is 0.164 e. The zero-order chi connectivity index (χ0) is 22.5. The lowest BCUT2D eigenvalue weighted by molar-refractivity contribution is 0.366. The van der Waals surface area contributed by atoms with Crippen LogP contribution in [0.3, 0.4) is 0 Å². The first-order valence-electron chi connectivity index (χ1n) is 10.9. The zero-order valence-electron chi connectivity index (χ0n) is 19.7. The topological polar surface area (TPSA) is 49.7 Å². The average molecular weight is 413 g/mol. The van der Waals surface area contributed by atoms with Crippen molar-refractivity contribution in [1.29, 1.82) is 0 Å². The van der Waals surface area contributed by atoms with Crippen molar-refractivity contribution in [2.24, 2.45) is 0 Å². The Hall–Kier alpha value is -2.42. The summed E-state index contributed by atoms with van der Waals surface area (Å²) in [5.41, 5.74) is 6.39. The SMILES string of the molecule is COc1c(O)cc(O)cc1C/C=C(\C)CC/C=C(\C)CC/C=C(\C)CCC=C(C)C. The third-order valence-corrected chi connectivity index (χ3v) is 5.16. The molecule has 0 atom stereocenters. The van der Waals surface area contributed by atoms with E-state index in [4.69, 9.17) is 4.74 Å². The molecule has 0 spiro atoms. The molecule has 0 aliphatic heterocycles. The highest BCUT2D eigenvalue weighted by Gasteiger charge is 2.09. The van der Waals surface area contributed by atoms with Crippen molar-refractivity contribution in [3.63, 3.8) is 0 Å². The van der Waals surface area contributed by atoms with Gasteiger partial charge in [0, 0.05) is 11.6 Å². The lowest BCUT2D eigenvalue weighted by Gasteiger charge is -2.10. The van der Waals surface area contributed by atoms with Gasteiger partial charge in [0.05, 0.1) is 7.11 Å². The Bertz CT molecular complexity index is 791. The summed E-state index contributed by atoms with van der Waals surface area (Å²) in [5.74, 6) is 0.448. The number of aromatic hydroxyl groups is 2. The molecule has 3 heteroatoms. The predicted octanol–water partition coefficient (Wildman–Crippen LogP) is 7.79. The van der Waals surface area contributed by atoms with E-state index in [-0.39, 0.29) is 11.5 Å². The van der Waals surface area contributed by atoms with E-state index >= 15 is 0 Å². The van der Waals surface area contributed by atoms with Crippen LogP contribution in [0, 0.1) is 0 Å². The molecule has 3 nitrogen and oxygen atoms in total. The highest BCUT2D eigenvalue weighted by atomic mass is 16.5. The van der Waals surface area contributed by atoms with Crippen LogP contribution in [0.2, 0.25) is 0 Å². The Balaban J connectivity index is 2.45. The smallest absolute Gasteiger partial charge is 0.164 e. The molecule has 0 unspecified atom stereocenters. The maximum atomic E-state index is 9.89. The van der Waals surface area contributed by atoms with E-state index in [0.29, 0.717) is 12.2 Å². The second-order valence-corrected chi connectivity index (χ2v) is 8.41. The minimum Gasteiger partial charge on any atom is -0.508 e. The summed E-state index contributed by atoms with van der Waals surface area (Å²) in [6.45, 7) is 10.9. The first-order valence-corrected chi connectivity index (χ1v) is 10.9. The molecule has 2 N–H and O–H groups in total. The van der Waals surface area contributed by atoms with Gasteiger partial charge in [-0.2, -0.15) is 0 Å². The Morgan fingerprint density at radius 3 is 1.77 bits per heavy atom. The normalized spacial score (nSPS) is 12.8. The third-order valence-electron chi connectivity index (χ3n) is 5.16. The van der Waals surface area contributed by atoms with Gasteiger partial charge in [0.2, 0.25) is 0 Å². The van der Waals surface area contributed by atoms with E-state index in [2.05, 4.69) is 58.9 Å². The number of hydrogen-bond acceptors (Lipinski definition) is 3. The van der Waals surface area contributed by atoms with Crippen LogP contribution in [0.4, 0.5) is 0 Å². The fraction of sp³-hybridized carbons (Fsp3) is 0.481. The molecule has 0 aromatic heterocycles. The van der Waals surface area contributed by atoms with Crippen LogP contribution in [0.15, 0.2) is 58.7 Å². The number of rotatable bonds is 12. The fourth-order valence-corrected chi connectivity index (χ4v) is 3.31. The van der Waals surface area contributed by atoms with Crippen molar-refractivity contribution >= 4 is 0 Å². The molecular formula is C27H40O3. The largest absolute Gasteiger partial charge is 0.508 e. The molecular weight excluding hydrogens is 372 g/mol. The van der Waals surface area contributed by atoms with Gasteiger partial charge in [-0.25, -0.2) is 0 Å². The Kier molecular flexibility index (Phi) is 11.7. The predicted molar refractivity (Wildman–Crippen MR) is 128 cm³/mol. The van der Waals surface area contributed by atoms with E-state index in [0.717, 1.165) is 44.1 Å². The maximum absolute atomic E-state index is 9.89. The molecule has 0 aliphatic rings. The van der Waals surface area contributed by atoms with Gasteiger partial charge in [-0.15, -0.1) is 0 Å². The highest BCUT2D eigenvalue weighted by molar-refractivity contribution is 5.51. The lowest BCUT2D eigenvalue weighted by Crippen LogP contribution is -1.92. The van der Waals surface area contributed by atoms with E-state index in [1.807, 2.05) is 0 Å². The quantitative estimate of drug-likeness (QED) is 0.344. The summed E-state index contributed by atoms with van der Waals surface area (Å²) in [7, 11) is 1.53. The minimum atomic E-state index is -0.0293. The Morgan fingerprint density at radius 2 is 1.27 bits per heavy atom. The number of benzene rings is 1. The van der Waals surface area contributed by atoms with Crippen molar-refractivity contribution in [1.82, 2.24) is 0 Å². The molecule has 0 aliphatic carbocycles. The van der Waals surface area contributed by atoms with Crippen molar-refractivity contribution in [2.75, 3.05) is 7.11 Å². The van der Waals surface area contributed by atoms with E-state index in [9.17, 15) is 10.2 Å². The lowest BCUT2D eigenvalue weighted by atomic mass is 10.0. The van der Waals surface area contributed by atoms with Gasteiger partial charge >= 0.3 is 0 Å². The number of ether oxygens (including phenoxy) is 1. The number of methoxy groups -OCH3 is 1. The van der Waals surface area contributed by atoms with E-state index in [1.54, 1.807) is 6.07 Å². The molecule has 0 radical (unpaired) electrons. The molecule has 0 saturated carbocycles. The number of allylic oxidation sites excluding steroid dienone is 8. The Labute approximate surface area is 183 Å². The van der Waals surface area contributed by atoms with Gasteiger partial charge in [-0.05, 0) is 85.6 Å². The van der Waals surface area contributed by atoms with Crippen LogP contribution in [-0.4, -0.2) is 17.3 Å². The van der Waals surface area contributed by atoms with E-state index in [1.165, 1.54) is 35.5 Å². The average Bonchev–Trinajstić information content (AvgIpc) is 2.65. The molecule has 1 aromatic carbocycles. The van der Waals surface area contributed by atoms with Crippen LogP contribution in [0.5, 0.6) is 17.2 Å². The molecule has 0 amide bonds. The summed E-state index contributed by atoms with van der Waals surface area (Å²) in [6, 6.07) is 2.94.